The van der Waals surface area contributed by atoms with E-state index in [0.717, 1.165) is 11.1 Å². The Morgan fingerprint density at radius 2 is 1.86 bits per heavy atom. The van der Waals surface area contributed by atoms with E-state index < -0.39 is 0 Å². The van der Waals surface area contributed by atoms with Crippen molar-refractivity contribution in [2.24, 2.45) is 0 Å². The van der Waals surface area contributed by atoms with Crippen LogP contribution in [0.2, 0.25) is 0 Å². The number of benzene rings is 2. The van der Waals surface area contributed by atoms with Crippen molar-refractivity contribution in [2.45, 2.75) is 39.8 Å². The van der Waals surface area contributed by atoms with E-state index in [1.807, 2.05) is 37.3 Å². The first-order chi connectivity index (χ1) is 9.83. The fourth-order valence-electron chi connectivity index (χ4n) is 1.91. The van der Waals surface area contributed by atoms with Crippen molar-refractivity contribution in [3.8, 4) is 11.5 Å². The van der Waals surface area contributed by atoms with Gasteiger partial charge in [0, 0.05) is 12.1 Å². The molecule has 0 aliphatic rings. The quantitative estimate of drug-likeness (QED) is 0.871. The van der Waals surface area contributed by atoms with Gasteiger partial charge in [-0.2, -0.15) is 0 Å². The number of rotatable bonds is 4. The normalized spacial score (nSPS) is 11.5. The molecule has 112 valence electrons. The van der Waals surface area contributed by atoms with E-state index in [1.54, 1.807) is 6.07 Å². The third kappa shape index (κ3) is 4.87. The number of hydrogen-bond acceptors (Lipinski definition) is 2. The average Bonchev–Trinajstić information content (AvgIpc) is 2.38. The molecule has 0 fully saturated rings. The number of nitrogens with one attached hydrogen (secondary N) is 1. The molecule has 0 radical (unpaired) electrons. The van der Waals surface area contributed by atoms with Gasteiger partial charge >= 0.3 is 0 Å². The Morgan fingerprint density at radius 1 is 1.10 bits per heavy atom. The summed E-state index contributed by atoms with van der Waals surface area (Å²) in [6, 6.07) is 12.7. The van der Waals surface area contributed by atoms with Crippen LogP contribution in [0.1, 0.15) is 31.9 Å². The second kappa shape index (κ2) is 6.27. The lowest BCUT2D eigenvalue weighted by atomic mass is 10.1. The SMILES string of the molecule is Cc1cccc(Oc2ccc(CNC(C)(C)C)cc2F)c1. The Balaban J connectivity index is 2.09. The predicted molar refractivity (Wildman–Crippen MR) is 84.2 cm³/mol. The molecule has 0 bridgehead atoms. The largest absolute Gasteiger partial charge is 0.454 e. The molecule has 0 amide bonds. The zero-order valence-corrected chi connectivity index (χ0v) is 13.0. The molecule has 3 heteroatoms. The summed E-state index contributed by atoms with van der Waals surface area (Å²) >= 11 is 0. The average molecular weight is 287 g/mol. The van der Waals surface area contributed by atoms with Gasteiger partial charge in [-0.1, -0.05) is 18.2 Å². The first-order valence-corrected chi connectivity index (χ1v) is 7.11. The van der Waals surface area contributed by atoms with Crippen molar-refractivity contribution in [2.75, 3.05) is 0 Å². The minimum Gasteiger partial charge on any atom is -0.454 e. The Hall–Kier alpha value is -1.87. The number of ether oxygens (including phenoxy) is 1. The van der Waals surface area contributed by atoms with Gasteiger partial charge in [0.2, 0.25) is 0 Å². The van der Waals surface area contributed by atoms with Crippen LogP contribution in [0.25, 0.3) is 0 Å². The Morgan fingerprint density at radius 3 is 2.48 bits per heavy atom. The van der Waals surface area contributed by atoms with Crippen LogP contribution in [0.5, 0.6) is 11.5 Å². The topological polar surface area (TPSA) is 21.3 Å². The summed E-state index contributed by atoms with van der Waals surface area (Å²) in [6.07, 6.45) is 0. The van der Waals surface area contributed by atoms with Crippen molar-refractivity contribution >= 4 is 0 Å². The summed E-state index contributed by atoms with van der Waals surface area (Å²) in [5, 5.41) is 3.33. The van der Waals surface area contributed by atoms with Crippen LogP contribution in [-0.2, 0) is 6.54 Å². The van der Waals surface area contributed by atoms with E-state index in [0.29, 0.717) is 12.3 Å². The van der Waals surface area contributed by atoms with E-state index in [1.165, 1.54) is 6.07 Å². The Labute approximate surface area is 126 Å². The molecule has 1 N–H and O–H groups in total. The molecule has 0 aliphatic heterocycles. The lowest BCUT2D eigenvalue weighted by Gasteiger charge is -2.20. The van der Waals surface area contributed by atoms with Gasteiger partial charge in [0.1, 0.15) is 5.75 Å². The Kier molecular flexibility index (Phi) is 4.63. The van der Waals surface area contributed by atoms with Gasteiger partial charge in [-0.05, 0) is 63.1 Å². The molecular weight excluding hydrogens is 265 g/mol. The maximum Gasteiger partial charge on any atom is 0.166 e. The van der Waals surface area contributed by atoms with Crippen LogP contribution in [0.15, 0.2) is 42.5 Å². The molecule has 0 saturated heterocycles. The highest BCUT2D eigenvalue weighted by molar-refractivity contribution is 5.36. The van der Waals surface area contributed by atoms with E-state index >= 15 is 0 Å². The number of halogens is 1. The zero-order valence-electron chi connectivity index (χ0n) is 13.0. The third-order valence-corrected chi connectivity index (χ3v) is 3.04. The van der Waals surface area contributed by atoms with Crippen molar-refractivity contribution in [3.63, 3.8) is 0 Å². The fourth-order valence-corrected chi connectivity index (χ4v) is 1.91. The van der Waals surface area contributed by atoms with Gasteiger partial charge < -0.3 is 10.1 Å². The molecule has 2 nitrogen and oxygen atoms in total. The highest BCUT2D eigenvalue weighted by atomic mass is 19.1. The standard InChI is InChI=1S/C18H22FNO/c1-13-6-5-7-15(10-13)21-17-9-8-14(11-16(17)19)12-20-18(2,3)4/h5-11,20H,12H2,1-4H3. The molecule has 0 aliphatic carbocycles. The second-order valence-electron chi connectivity index (χ2n) is 6.29. The molecule has 0 saturated carbocycles. The third-order valence-electron chi connectivity index (χ3n) is 3.04. The van der Waals surface area contributed by atoms with Crippen LogP contribution in [0.4, 0.5) is 4.39 Å². The summed E-state index contributed by atoms with van der Waals surface area (Å²) in [5.74, 6) is 0.555. The Bertz CT molecular complexity index is 617. The van der Waals surface area contributed by atoms with Gasteiger partial charge in [0.15, 0.2) is 11.6 Å². The summed E-state index contributed by atoms with van der Waals surface area (Å²) in [7, 11) is 0. The van der Waals surface area contributed by atoms with Gasteiger partial charge in [-0.25, -0.2) is 4.39 Å². The van der Waals surface area contributed by atoms with Crippen LogP contribution in [0.3, 0.4) is 0 Å². The smallest absolute Gasteiger partial charge is 0.166 e. The molecular formula is C18H22FNO. The molecule has 0 heterocycles. The van der Waals surface area contributed by atoms with Crippen LogP contribution in [0, 0.1) is 12.7 Å². The summed E-state index contributed by atoms with van der Waals surface area (Å²) in [4.78, 5) is 0. The zero-order chi connectivity index (χ0) is 15.5. The number of aryl methyl sites for hydroxylation is 1. The van der Waals surface area contributed by atoms with Crippen molar-refractivity contribution in [3.05, 3.63) is 59.4 Å². The second-order valence-corrected chi connectivity index (χ2v) is 6.29. The minimum absolute atomic E-state index is 0.00716. The van der Waals surface area contributed by atoms with Gasteiger partial charge in [0.05, 0.1) is 0 Å². The van der Waals surface area contributed by atoms with Crippen LogP contribution >= 0.6 is 0 Å². The maximum atomic E-state index is 14.1. The highest BCUT2D eigenvalue weighted by Crippen LogP contribution is 2.25. The maximum absolute atomic E-state index is 14.1. The molecule has 2 aromatic rings. The predicted octanol–water partition coefficient (Wildman–Crippen LogP) is 4.81. The molecule has 0 spiro atoms. The monoisotopic (exact) mass is 287 g/mol. The first-order valence-electron chi connectivity index (χ1n) is 7.11. The van der Waals surface area contributed by atoms with Crippen molar-refractivity contribution in [1.29, 1.82) is 0 Å². The molecule has 0 aromatic heterocycles. The lowest BCUT2D eigenvalue weighted by molar-refractivity contribution is 0.420. The molecule has 2 rings (SSSR count). The van der Waals surface area contributed by atoms with Crippen LogP contribution < -0.4 is 10.1 Å². The molecule has 0 atom stereocenters. The van der Waals surface area contributed by atoms with Gasteiger partial charge in [0.25, 0.3) is 0 Å². The summed E-state index contributed by atoms with van der Waals surface area (Å²) in [6.45, 7) is 8.85. The fraction of sp³-hybridized carbons (Fsp3) is 0.333. The van der Waals surface area contributed by atoms with E-state index in [9.17, 15) is 4.39 Å². The minimum atomic E-state index is -0.343. The van der Waals surface area contributed by atoms with Crippen LogP contribution in [-0.4, -0.2) is 5.54 Å². The van der Waals surface area contributed by atoms with E-state index in [4.69, 9.17) is 4.74 Å². The highest BCUT2D eigenvalue weighted by Gasteiger charge is 2.10. The summed E-state index contributed by atoms with van der Waals surface area (Å²) in [5.41, 5.74) is 1.99. The van der Waals surface area contributed by atoms with E-state index in [-0.39, 0.29) is 17.1 Å². The lowest BCUT2D eigenvalue weighted by Crippen LogP contribution is -2.35. The van der Waals surface area contributed by atoms with Gasteiger partial charge in [-0.3, -0.25) is 0 Å². The summed E-state index contributed by atoms with van der Waals surface area (Å²) < 4.78 is 19.7. The number of hydrogen-bond donors (Lipinski definition) is 1. The van der Waals surface area contributed by atoms with Gasteiger partial charge in [-0.15, -0.1) is 0 Å². The molecule has 2 aromatic carbocycles. The first kappa shape index (κ1) is 15.5. The van der Waals surface area contributed by atoms with Crippen molar-refractivity contribution in [1.82, 2.24) is 5.32 Å². The van der Waals surface area contributed by atoms with Crippen molar-refractivity contribution < 1.29 is 9.13 Å². The van der Waals surface area contributed by atoms with E-state index in [2.05, 4.69) is 26.1 Å². The molecule has 21 heavy (non-hydrogen) atoms. The molecule has 0 unspecified atom stereocenters.